The third kappa shape index (κ3) is 3.77. The van der Waals surface area contributed by atoms with Crippen LogP contribution in [0.5, 0.6) is 11.5 Å². The van der Waals surface area contributed by atoms with E-state index >= 15 is 0 Å². The van der Waals surface area contributed by atoms with Gasteiger partial charge in [-0.2, -0.15) is 8.42 Å². The predicted molar refractivity (Wildman–Crippen MR) is 114 cm³/mol. The summed E-state index contributed by atoms with van der Waals surface area (Å²) >= 11 is 23.8. The molecule has 3 aromatic rings. The highest BCUT2D eigenvalue weighted by Gasteiger charge is 2.50. The summed E-state index contributed by atoms with van der Waals surface area (Å²) in [6, 6.07) is 11.4. The van der Waals surface area contributed by atoms with Crippen LogP contribution in [0.1, 0.15) is 16.7 Å². The molecule has 5 nitrogen and oxygen atoms in total. The van der Waals surface area contributed by atoms with Gasteiger partial charge in [0.15, 0.2) is 4.75 Å². The van der Waals surface area contributed by atoms with Crippen LogP contribution in [0.4, 0.5) is 0 Å². The zero-order valence-corrected chi connectivity index (χ0v) is 18.1. The Balaban J connectivity index is 2.56. The fraction of sp³-hybridized carbons (Fsp3) is 0.0526. The van der Waals surface area contributed by atoms with Gasteiger partial charge in [0, 0.05) is 16.7 Å². The van der Waals surface area contributed by atoms with Crippen molar-refractivity contribution in [2.24, 2.45) is 0 Å². The van der Waals surface area contributed by atoms with Crippen molar-refractivity contribution in [3.8, 4) is 11.5 Å². The van der Waals surface area contributed by atoms with Crippen LogP contribution in [0.2, 0.25) is 20.1 Å². The lowest BCUT2D eigenvalue weighted by atomic mass is 9.83. The Morgan fingerprint density at radius 2 is 1.24 bits per heavy atom. The van der Waals surface area contributed by atoms with Crippen LogP contribution in [0.25, 0.3) is 0 Å². The molecule has 0 heterocycles. The van der Waals surface area contributed by atoms with Crippen molar-refractivity contribution in [3.63, 3.8) is 0 Å². The summed E-state index contributed by atoms with van der Waals surface area (Å²) in [7, 11) is -5.04. The molecule has 0 aliphatic rings. The van der Waals surface area contributed by atoms with Crippen LogP contribution in [0, 0.1) is 0 Å². The highest BCUT2D eigenvalue weighted by molar-refractivity contribution is 7.87. The number of hydrogen-bond acceptors (Lipinski definition) is 4. The molecule has 3 aromatic carbocycles. The molecule has 29 heavy (non-hydrogen) atoms. The number of benzene rings is 3. The standard InChI is InChI=1S/C19H12Cl4O5S/c20-12-4-1-10(2-5-12)19(29(26,27)28,11-3-6-14(21)18(25)7-11)13-8-15(22)16(23)9-17(13)24/h1-9,24-25H,(H,26,27,28). The Kier molecular flexibility index (Phi) is 5.98. The molecule has 3 N–H and O–H groups in total. The van der Waals surface area contributed by atoms with E-state index in [1.807, 2.05) is 0 Å². The van der Waals surface area contributed by atoms with Crippen molar-refractivity contribution in [2.45, 2.75) is 4.75 Å². The van der Waals surface area contributed by atoms with Crippen LogP contribution in [0.15, 0.2) is 54.6 Å². The molecule has 1 unspecified atom stereocenters. The molecule has 152 valence electrons. The van der Waals surface area contributed by atoms with Crippen LogP contribution in [0.3, 0.4) is 0 Å². The molecule has 0 spiro atoms. The van der Waals surface area contributed by atoms with Crippen LogP contribution >= 0.6 is 46.4 Å². The van der Waals surface area contributed by atoms with Crippen molar-refractivity contribution in [3.05, 3.63) is 91.4 Å². The van der Waals surface area contributed by atoms with Gasteiger partial charge in [-0.05, 0) is 41.5 Å². The normalized spacial score (nSPS) is 13.8. The molecular weight excluding hydrogens is 482 g/mol. The van der Waals surface area contributed by atoms with Gasteiger partial charge in [0.05, 0.1) is 15.1 Å². The van der Waals surface area contributed by atoms with E-state index in [0.29, 0.717) is 5.02 Å². The summed E-state index contributed by atoms with van der Waals surface area (Å²) in [5, 5.41) is 20.9. The van der Waals surface area contributed by atoms with Crippen LogP contribution < -0.4 is 0 Å². The van der Waals surface area contributed by atoms with Crippen LogP contribution in [-0.4, -0.2) is 23.2 Å². The monoisotopic (exact) mass is 492 g/mol. The second-order valence-electron chi connectivity index (χ2n) is 6.11. The topological polar surface area (TPSA) is 94.8 Å². The summed E-state index contributed by atoms with van der Waals surface area (Å²) in [6.45, 7) is 0. The summed E-state index contributed by atoms with van der Waals surface area (Å²) in [4.78, 5) is 0. The Morgan fingerprint density at radius 3 is 1.79 bits per heavy atom. The average Bonchev–Trinajstić information content (AvgIpc) is 2.63. The molecular formula is C19H12Cl4O5S. The molecule has 0 amide bonds. The summed E-state index contributed by atoms with van der Waals surface area (Å²) in [5.41, 5.74) is -0.351. The Labute approximate surface area is 186 Å². The van der Waals surface area contributed by atoms with Gasteiger partial charge in [0.2, 0.25) is 0 Å². The maximum atomic E-state index is 12.9. The van der Waals surface area contributed by atoms with Crippen molar-refractivity contribution >= 4 is 56.5 Å². The Hall–Kier alpha value is -1.67. The van der Waals surface area contributed by atoms with E-state index in [-0.39, 0.29) is 31.8 Å². The lowest BCUT2D eigenvalue weighted by molar-refractivity contribution is 0.439. The highest BCUT2D eigenvalue weighted by Crippen LogP contribution is 2.49. The molecule has 0 bridgehead atoms. The number of hydrogen-bond donors (Lipinski definition) is 3. The number of phenolic OH excluding ortho intramolecular Hbond substituents is 2. The van der Waals surface area contributed by atoms with Gasteiger partial charge in [-0.1, -0.05) is 64.6 Å². The molecule has 1 atom stereocenters. The number of aromatic hydroxyl groups is 2. The van der Waals surface area contributed by atoms with E-state index in [4.69, 9.17) is 46.4 Å². The first-order chi connectivity index (χ1) is 13.5. The molecule has 0 aliphatic carbocycles. The van der Waals surface area contributed by atoms with Crippen molar-refractivity contribution in [1.82, 2.24) is 0 Å². The molecule has 0 aromatic heterocycles. The van der Waals surface area contributed by atoms with Gasteiger partial charge in [-0.3, -0.25) is 4.55 Å². The lowest BCUT2D eigenvalue weighted by Gasteiger charge is -2.33. The van der Waals surface area contributed by atoms with Crippen molar-refractivity contribution in [1.29, 1.82) is 0 Å². The fourth-order valence-electron chi connectivity index (χ4n) is 3.15. The number of phenols is 2. The molecule has 3 rings (SSSR count). The quantitative estimate of drug-likeness (QED) is 0.311. The Morgan fingerprint density at radius 1 is 0.690 bits per heavy atom. The SMILES string of the molecule is O=S(=O)(O)C(c1ccc(Cl)cc1)(c1ccc(Cl)c(O)c1)c1cc(Cl)c(Cl)cc1O. The molecule has 0 saturated heterocycles. The van der Waals surface area contributed by atoms with E-state index in [1.165, 1.54) is 36.4 Å². The molecule has 0 radical (unpaired) electrons. The molecule has 0 saturated carbocycles. The number of rotatable bonds is 4. The third-order valence-corrected chi connectivity index (χ3v) is 7.17. The first-order valence-electron chi connectivity index (χ1n) is 7.89. The molecule has 10 heteroatoms. The molecule has 0 aliphatic heterocycles. The van der Waals surface area contributed by atoms with Gasteiger partial charge in [0.1, 0.15) is 11.5 Å². The summed E-state index contributed by atoms with van der Waals surface area (Å²) < 4.78 is 33.9. The van der Waals surface area contributed by atoms with E-state index in [9.17, 15) is 23.2 Å². The second kappa shape index (κ2) is 7.87. The van der Waals surface area contributed by atoms with E-state index in [2.05, 4.69) is 0 Å². The van der Waals surface area contributed by atoms with E-state index < -0.39 is 26.4 Å². The minimum atomic E-state index is -5.04. The Bertz CT molecular complexity index is 1200. The lowest BCUT2D eigenvalue weighted by Crippen LogP contribution is -2.38. The van der Waals surface area contributed by atoms with Gasteiger partial charge < -0.3 is 10.2 Å². The first kappa shape index (κ1) is 22.0. The highest BCUT2D eigenvalue weighted by atomic mass is 35.5. The molecule has 0 fully saturated rings. The smallest absolute Gasteiger partial charge is 0.283 e. The van der Waals surface area contributed by atoms with E-state index in [1.54, 1.807) is 0 Å². The van der Waals surface area contributed by atoms with Gasteiger partial charge in [-0.25, -0.2) is 0 Å². The zero-order valence-electron chi connectivity index (χ0n) is 14.3. The zero-order chi connectivity index (χ0) is 21.6. The minimum absolute atomic E-state index is 0.0211. The maximum absolute atomic E-state index is 12.9. The van der Waals surface area contributed by atoms with Crippen LogP contribution in [-0.2, 0) is 14.9 Å². The summed E-state index contributed by atoms with van der Waals surface area (Å²) in [5.74, 6) is -0.966. The fourth-order valence-corrected chi connectivity index (χ4v) is 5.01. The first-order valence-corrected chi connectivity index (χ1v) is 10.8. The van der Waals surface area contributed by atoms with Gasteiger partial charge in [-0.15, -0.1) is 0 Å². The van der Waals surface area contributed by atoms with Gasteiger partial charge >= 0.3 is 0 Å². The van der Waals surface area contributed by atoms with E-state index in [0.717, 1.165) is 18.2 Å². The summed E-state index contributed by atoms with van der Waals surface area (Å²) in [6.07, 6.45) is 0. The predicted octanol–water partition coefficient (Wildman–Crippen LogP) is 5.89. The maximum Gasteiger partial charge on any atom is 0.283 e. The minimum Gasteiger partial charge on any atom is -0.508 e. The van der Waals surface area contributed by atoms with Crippen molar-refractivity contribution in [2.75, 3.05) is 0 Å². The largest absolute Gasteiger partial charge is 0.508 e. The average molecular weight is 494 g/mol. The third-order valence-electron chi connectivity index (χ3n) is 4.41. The van der Waals surface area contributed by atoms with Crippen molar-refractivity contribution < 1.29 is 23.2 Å². The van der Waals surface area contributed by atoms with Gasteiger partial charge in [0.25, 0.3) is 10.1 Å². The second-order valence-corrected chi connectivity index (χ2v) is 9.33. The number of halogens is 4.